The molecule has 0 bridgehead atoms. The van der Waals surface area contributed by atoms with E-state index in [4.69, 9.17) is 0 Å². The minimum Gasteiger partial charge on any atom is -0.367 e. The molecule has 6 nitrogen and oxygen atoms in total. The molecule has 2 aromatic rings. The predicted octanol–water partition coefficient (Wildman–Crippen LogP) is 2.46. The zero-order chi connectivity index (χ0) is 20.1. The fourth-order valence-corrected chi connectivity index (χ4v) is 3.18. The summed E-state index contributed by atoms with van der Waals surface area (Å²) in [5.74, 6) is -0.112. The highest BCUT2D eigenvalue weighted by molar-refractivity contribution is 5.94. The van der Waals surface area contributed by atoms with Crippen LogP contribution in [0.1, 0.15) is 21.5 Å². The van der Waals surface area contributed by atoms with Gasteiger partial charge >= 0.3 is 6.18 Å². The highest BCUT2D eigenvalue weighted by Crippen LogP contribution is 2.17. The fraction of sp³-hybridized carbons (Fsp3) is 0.474. The second-order valence-corrected chi connectivity index (χ2v) is 6.90. The highest BCUT2D eigenvalue weighted by atomic mass is 19.4. The lowest BCUT2D eigenvalue weighted by molar-refractivity contribution is -0.176. The molecule has 0 radical (unpaired) electrons. The van der Waals surface area contributed by atoms with E-state index < -0.39 is 12.8 Å². The Labute approximate surface area is 161 Å². The number of amides is 1. The number of piperazine rings is 1. The summed E-state index contributed by atoms with van der Waals surface area (Å²) >= 11 is 0. The van der Waals surface area contributed by atoms with Crippen LogP contribution in [0.5, 0.6) is 0 Å². The molecule has 1 saturated heterocycles. The molecule has 1 amide bonds. The lowest BCUT2D eigenvalue weighted by Gasteiger charge is -2.34. The Hall–Kier alpha value is -2.39. The van der Waals surface area contributed by atoms with Crippen LogP contribution in [-0.4, -0.2) is 64.4 Å². The van der Waals surface area contributed by atoms with Crippen molar-refractivity contribution in [2.75, 3.05) is 32.8 Å². The molecule has 3 rings (SSSR count). The Bertz CT molecular complexity index is 798. The van der Waals surface area contributed by atoms with E-state index in [0.29, 0.717) is 24.2 Å². The SMILES string of the molecule is Cn1cc(CN2CCN(C(=O)c3cccc(COCC(F)(F)F)c3)CC2)cn1. The Morgan fingerprint density at radius 1 is 1.18 bits per heavy atom. The Kier molecular flexibility index (Phi) is 6.35. The number of aromatic nitrogens is 2. The van der Waals surface area contributed by atoms with Crippen LogP contribution in [0, 0.1) is 0 Å². The topological polar surface area (TPSA) is 50.6 Å². The fourth-order valence-electron chi connectivity index (χ4n) is 3.18. The van der Waals surface area contributed by atoms with Gasteiger partial charge in [-0.2, -0.15) is 18.3 Å². The minimum atomic E-state index is -4.36. The Morgan fingerprint density at radius 2 is 1.93 bits per heavy atom. The van der Waals surface area contributed by atoms with Crippen LogP contribution < -0.4 is 0 Å². The molecule has 0 atom stereocenters. The molecule has 1 aliphatic heterocycles. The quantitative estimate of drug-likeness (QED) is 0.753. The first-order valence-electron chi connectivity index (χ1n) is 9.03. The molecular formula is C19H23F3N4O2. The van der Waals surface area contributed by atoms with Crippen molar-refractivity contribution >= 4 is 5.91 Å². The number of hydrogen-bond acceptors (Lipinski definition) is 4. The third kappa shape index (κ3) is 5.80. The van der Waals surface area contributed by atoms with Crippen molar-refractivity contribution in [1.29, 1.82) is 0 Å². The van der Waals surface area contributed by atoms with E-state index >= 15 is 0 Å². The van der Waals surface area contributed by atoms with E-state index in [-0.39, 0.29) is 12.5 Å². The van der Waals surface area contributed by atoms with Crippen LogP contribution in [0.25, 0.3) is 0 Å². The third-order valence-electron chi connectivity index (χ3n) is 4.53. The number of benzene rings is 1. The largest absolute Gasteiger partial charge is 0.411 e. The third-order valence-corrected chi connectivity index (χ3v) is 4.53. The normalized spacial score (nSPS) is 15.8. The average Bonchev–Trinajstić information content (AvgIpc) is 3.06. The number of carbonyl (C=O) groups excluding carboxylic acids is 1. The van der Waals surface area contributed by atoms with Crippen LogP contribution in [-0.2, 0) is 24.9 Å². The van der Waals surface area contributed by atoms with Gasteiger partial charge < -0.3 is 9.64 Å². The summed E-state index contributed by atoms with van der Waals surface area (Å²) in [4.78, 5) is 16.8. The maximum atomic E-state index is 12.7. The molecule has 0 spiro atoms. The maximum Gasteiger partial charge on any atom is 0.411 e. The summed E-state index contributed by atoms with van der Waals surface area (Å²) in [6.45, 7) is 2.04. The number of ether oxygens (including phenoxy) is 1. The molecular weight excluding hydrogens is 373 g/mol. The van der Waals surface area contributed by atoms with Crippen LogP contribution in [0.4, 0.5) is 13.2 Å². The number of nitrogens with zero attached hydrogens (tertiary/aromatic N) is 4. The number of halogens is 3. The average molecular weight is 396 g/mol. The number of hydrogen-bond donors (Lipinski definition) is 0. The lowest BCUT2D eigenvalue weighted by Crippen LogP contribution is -2.48. The summed E-state index contributed by atoms with van der Waals surface area (Å²) in [5, 5.41) is 4.16. The first kappa shape index (κ1) is 20.3. The molecule has 1 aromatic heterocycles. The zero-order valence-electron chi connectivity index (χ0n) is 15.7. The van der Waals surface area contributed by atoms with Crippen LogP contribution in [0.2, 0.25) is 0 Å². The van der Waals surface area contributed by atoms with Gasteiger partial charge in [-0.3, -0.25) is 14.4 Å². The standard InChI is InChI=1S/C19H23F3N4O2/c1-24-11-16(10-23-24)12-25-5-7-26(8-6-25)18(27)17-4-2-3-15(9-17)13-28-14-19(20,21)22/h2-4,9-11H,5-8,12-14H2,1H3. The van der Waals surface area contributed by atoms with Crippen molar-refractivity contribution in [3.8, 4) is 0 Å². The van der Waals surface area contributed by atoms with E-state index in [1.54, 1.807) is 33.8 Å². The molecule has 1 aliphatic rings. The van der Waals surface area contributed by atoms with Crippen molar-refractivity contribution in [2.24, 2.45) is 7.05 Å². The van der Waals surface area contributed by atoms with Gasteiger partial charge in [0.2, 0.25) is 0 Å². The van der Waals surface area contributed by atoms with E-state index in [2.05, 4.69) is 14.7 Å². The lowest BCUT2D eigenvalue weighted by atomic mass is 10.1. The maximum absolute atomic E-state index is 12.7. The monoisotopic (exact) mass is 396 g/mol. The molecule has 0 unspecified atom stereocenters. The van der Waals surface area contributed by atoms with Gasteiger partial charge in [0.25, 0.3) is 5.91 Å². The summed E-state index contributed by atoms with van der Waals surface area (Å²) < 4.78 is 43.0. The molecule has 2 heterocycles. The molecule has 9 heteroatoms. The van der Waals surface area contributed by atoms with E-state index in [1.807, 2.05) is 19.4 Å². The van der Waals surface area contributed by atoms with Gasteiger partial charge in [-0.25, -0.2) is 0 Å². The van der Waals surface area contributed by atoms with Gasteiger partial charge in [0.15, 0.2) is 0 Å². The second kappa shape index (κ2) is 8.74. The first-order valence-corrected chi connectivity index (χ1v) is 9.03. The van der Waals surface area contributed by atoms with E-state index in [0.717, 1.165) is 25.2 Å². The van der Waals surface area contributed by atoms with Crippen molar-refractivity contribution in [3.05, 3.63) is 53.3 Å². The second-order valence-electron chi connectivity index (χ2n) is 6.90. The Morgan fingerprint density at radius 3 is 2.57 bits per heavy atom. The number of alkyl halides is 3. The van der Waals surface area contributed by atoms with Crippen LogP contribution in [0.15, 0.2) is 36.7 Å². The molecule has 1 fully saturated rings. The van der Waals surface area contributed by atoms with Gasteiger partial charge in [0.05, 0.1) is 12.8 Å². The number of aryl methyl sites for hydroxylation is 1. The summed E-state index contributed by atoms with van der Waals surface area (Å²) in [6, 6.07) is 6.59. The summed E-state index contributed by atoms with van der Waals surface area (Å²) in [6.07, 6.45) is -0.545. The Balaban J connectivity index is 1.51. The number of rotatable bonds is 6. The van der Waals surface area contributed by atoms with Crippen LogP contribution in [0.3, 0.4) is 0 Å². The van der Waals surface area contributed by atoms with Gasteiger partial charge in [-0.05, 0) is 17.7 Å². The zero-order valence-corrected chi connectivity index (χ0v) is 15.7. The smallest absolute Gasteiger partial charge is 0.367 e. The minimum absolute atomic E-state index is 0.112. The van der Waals surface area contributed by atoms with Gasteiger partial charge in [0, 0.05) is 57.1 Å². The van der Waals surface area contributed by atoms with Crippen molar-refractivity contribution in [1.82, 2.24) is 19.6 Å². The van der Waals surface area contributed by atoms with E-state index in [1.165, 1.54) is 0 Å². The summed E-state index contributed by atoms with van der Waals surface area (Å²) in [7, 11) is 1.88. The van der Waals surface area contributed by atoms with Gasteiger partial charge in [-0.1, -0.05) is 12.1 Å². The van der Waals surface area contributed by atoms with E-state index in [9.17, 15) is 18.0 Å². The highest BCUT2D eigenvalue weighted by Gasteiger charge is 2.27. The molecule has 0 aliphatic carbocycles. The first-order chi connectivity index (χ1) is 13.3. The molecule has 0 saturated carbocycles. The number of carbonyl (C=O) groups is 1. The van der Waals surface area contributed by atoms with Gasteiger partial charge in [-0.15, -0.1) is 0 Å². The predicted molar refractivity (Wildman–Crippen MR) is 96.5 cm³/mol. The van der Waals surface area contributed by atoms with Crippen molar-refractivity contribution in [3.63, 3.8) is 0 Å². The van der Waals surface area contributed by atoms with Crippen molar-refractivity contribution < 1.29 is 22.7 Å². The van der Waals surface area contributed by atoms with Crippen LogP contribution >= 0.6 is 0 Å². The molecule has 152 valence electrons. The molecule has 28 heavy (non-hydrogen) atoms. The summed E-state index contributed by atoms with van der Waals surface area (Å²) in [5.41, 5.74) is 2.15. The molecule has 0 N–H and O–H groups in total. The van der Waals surface area contributed by atoms with Gasteiger partial charge in [0.1, 0.15) is 6.61 Å². The van der Waals surface area contributed by atoms with Crippen molar-refractivity contribution in [2.45, 2.75) is 19.3 Å². The molecule has 1 aromatic carbocycles.